The van der Waals surface area contributed by atoms with Crippen LogP contribution in [0.5, 0.6) is 0 Å². The lowest BCUT2D eigenvalue weighted by molar-refractivity contribution is -0.141. The summed E-state index contributed by atoms with van der Waals surface area (Å²) in [5.74, 6) is -0.394. The van der Waals surface area contributed by atoms with Gasteiger partial charge in [0.2, 0.25) is 11.8 Å². The maximum Gasteiger partial charge on any atom is 0.240 e. The van der Waals surface area contributed by atoms with E-state index in [-0.39, 0.29) is 11.9 Å². The normalized spacial score (nSPS) is 22.9. The van der Waals surface area contributed by atoms with E-state index in [9.17, 15) is 9.59 Å². The summed E-state index contributed by atoms with van der Waals surface area (Å²) in [6.07, 6.45) is 3.67. The highest BCUT2D eigenvalue weighted by Gasteiger charge is 2.30. The van der Waals surface area contributed by atoms with Gasteiger partial charge < -0.3 is 16.4 Å². The summed E-state index contributed by atoms with van der Waals surface area (Å²) in [6.45, 7) is 2.51. The van der Waals surface area contributed by atoms with Crippen molar-refractivity contribution in [3.8, 4) is 0 Å². The molecule has 0 saturated carbocycles. The molecule has 4 N–H and O–H groups in total. The van der Waals surface area contributed by atoms with Gasteiger partial charge in [0.1, 0.15) is 6.04 Å². The standard InChI is InChI=1S/C11H21N3O2/c1-8(12)5-6-10(15)14-7-3-2-4-9(14)11(13)16/h8-9H,2-7,12H2,1H3,(H2,13,16). The van der Waals surface area contributed by atoms with Crippen molar-refractivity contribution >= 4 is 11.8 Å². The van der Waals surface area contributed by atoms with Crippen molar-refractivity contribution < 1.29 is 9.59 Å². The number of likely N-dealkylation sites (tertiary alicyclic amines) is 1. The first-order chi connectivity index (χ1) is 7.52. The first-order valence-electron chi connectivity index (χ1n) is 5.86. The molecule has 0 bridgehead atoms. The van der Waals surface area contributed by atoms with Crippen LogP contribution in [-0.2, 0) is 9.59 Å². The first-order valence-corrected chi connectivity index (χ1v) is 5.86. The van der Waals surface area contributed by atoms with Crippen molar-refractivity contribution in [1.82, 2.24) is 4.90 Å². The average molecular weight is 227 g/mol. The maximum absolute atomic E-state index is 11.9. The van der Waals surface area contributed by atoms with Crippen molar-refractivity contribution in [2.24, 2.45) is 11.5 Å². The van der Waals surface area contributed by atoms with Crippen LogP contribution in [0.4, 0.5) is 0 Å². The van der Waals surface area contributed by atoms with E-state index in [0.717, 1.165) is 12.8 Å². The molecule has 1 heterocycles. The molecule has 0 aromatic carbocycles. The highest BCUT2D eigenvalue weighted by atomic mass is 16.2. The van der Waals surface area contributed by atoms with Crippen LogP contribution in [0.3, 0.4) is 0 Å². The van der Waals surface area contributed by atoms with Crippen LogP contribution >= 0.6 is 0 Å². The second-order valence-corrected chi connectivity index (χ2v) is 4.52. The third kappa shape index (κ3) is 3.48. The fraction of sp³-hybridized carbons (Fsp3) is 0.818. The molecule has 0 radical (unpaired) electrons. The van der Waals surface area contributed by atoms with Gasteiger partial charge in [0.25, 0.3) is 0 Å². The van der Waals surface area contributed by atoms with Gasteiger partial charge in [-0.2, -0.15) is 0 Å². The minimum Gasteiger partial charge on any atom is -0.368 e. The number of carbonyl (C=O) groups is 2. The zero-order valence-electron chi connectivity index (χ0n) is 9.82. The van der Waals surface area contributed by atoms with Gasteiger partial charge in [-0.15, -0.1) is 0 Å². The molecule has 2 amide bonds. The van der Waals surface area contributed by atoms with Gasteiger partial charge in [-0.1, -0.05) is 0 Å². The summed E-state index contributed by atoms with van der Waals surface area (Å²) in [5.41, 5.74) is 10.9. The summed E-state index contributed by atoms with van der Waals surface area (Å²) < 4.78 is 0. The Balaban J connectivity index is 2.54. The predicted octanol–water partition coefficient (Wildman–Crippen LogP) is -0.0198. The molecule has 5 heteroatoms. The van der Waals surface area contributed by atoms with Crippen LogP contribution in [0.25, 0.3) is 0 Å². The van der Waals surface area contributed by atoms with E-state index in [2.05, 4.69) is 0 Å². The quantitative estimate of drug-likeness (QED) is 0.707. The van der Waals surface area contributed by atoms with Crippen molar-refractivity contribution in [2.45, 2.75) is 51.1 Å². The molecular formula is C11H21N3O2. The second-order valence-electron chi connectivity index (χ2n) is 4.52. The monoisotopic (exact) mass is 227 g/mol. The zero-order chi connectivity index (χ0) is 12.1. The number of primary amides is 1. The lowest BCUT2D eigenvalue weighted by Crippen LogP contribution is -2.50. The third-order valence-electron chi connectivity index (χ3n) is 2.97. The average Bonchev–Trinajstić information content (AvgIpc) is 2.25. The molecule has 1 rings (SSSR count). The van der Waals surface area contributed by atoms with Crippen LogP contribution < -0.4 is 11.5 Å². The summed E-state index contributed by atoms with van der Waals surface area (Å²) in [6, 6.07) is -0.393. The van der Waals surface area contributed by atoms with E-state index >= 15 is 0 Å². The number of amides is 2. The molecule has 1 fully saturated rings. The molecule has 5 nitrogen and oxygen atoms in total. The minimum atomic E-state index is -0.408. The molecule has 92 valence electrons. The molecule has 0 spiro atoms. The Morgan fingerprint density at radius 3 is 2.69 bits per heavy atom. The van der Waals surface area contributed by atoms with Crippen LogP contribution in [0.15, 0.2) is 0 Å². The second kappa shape index (κ2) is 5.84. The Kier molecular flexibility index (Phi) is 4.73. The third-order valence-corrected chi connectivity index (χ3v) is 2.97. The topological polar surface area (TPSA) is 89.4 Å². The summed E-state index contributed by atoms with van der Waals surface area (Å²) in [4.78, 5) is 24.7. The van der Waals surface area contributed by atoms with Gasteiger partial charge >= 0.3 is 0 Å². The SMILES string of the molecule is CC(N)CCC(=O)N1CCCCC1C(N)=O. The molecule has 0 aromatic heterocycles. The lowest BCUT2D eigenvalue weighted by atomic mass is 10.0. The Bertz CT molecular complexity index is 266. The number of carbonyl (C=O) groups excluding carboxylic acids is 2. The highest BCUT2D eigenvalue weighted by Crippen LogP contribution is 2.18. The van der Waals surface area contributed by atoms with Crippen LogP contribution in [0.2, 0.25) is 0 Å². The Morgan fingerprint density at radius 2 is 2.12 bits per heavy atom. The molecule has 0 aromatic rings. The Labute approximate surface area is 96.1 Å². The molecule has 0 aliphatic carbocycles. The Morgan fingerprint density at radius 1 is 1.44 bits per heavy atom. The maximum atomic E-state index is 11.9. The first kappa shape index (κ1) is 13.0. The van der Waals surface area contributed by atoms with Crippen molar-refractivity contribution in [3.63, 3.8) is 0 Å². The van der Waals surface area contributed by atoms with E-state index in [1.807, 2.05) is 6.92 Å². The number of hydrogen-bond acceptors (Lipinski definition) is 3. The number of nitrogens with zero attached hydrogens (tertiary/aromatic N) is 1. The predicted molar refractivity (Wildman–Crippen MR) is 61.4 cm³/mol. The molecule has 1 saturated heterocycles. The van der Waals surface area contributed by atoms with Crippen molar-refractivity contribution in [1.29, 1.82) is 0 Å². The van der Waals surface area contributed by atoms with Crippen LogP contribution in [-0.4, -0.2) is 35.3 Å². The number of nitrogens with two attached hydrogens (primary N) is 2. The summed E-state index contributed by atoms with van der Waals surface area (Å²) in [7, 11) is 0. The fourth-order valence-corrected chi connectivity index (χ4v) is 2.02. The van der Waals surface area contributed by atoms with Gasteiger partial charge in [0.15, 0.2) is 0 Å². The fourth-order valence-electron chi connectivity index (χ4n) is 2.02. The van der Waals surface area contributed by atoms with Gasteiger partial charge in [0, 0.05) is 19.0 Å². The van der Waals surface area contributed by atoms with E-state index in [1.54, 1.807) is 4.90 Å². The molecule has 1 aliphatic rings. The lowest BCUT2D eigenvalue weighted by Gasteiger charge is -2.33. The summed E-state index contributed by atoms with van der Waals surface area (Å²) >= 11 is 0. The van der Waals surface area contributed by atoms with Crippen LogP contribution in [0, 0.1) is 0 Å². The molecule has 1 aliphatic heterocycles. The van der Waals surface area contributed by atoms with E-state index in [0.29, 0.717) is 25.8 Å². The largest absolute Gasteiger partial charge is 0.368 e. The van der Waals surface area contributed by atoms with Gasteiger partial charge in [-0.25, -0.2) is 0 Å². The number of hydrogen-bond donors (Lipinski definition) is 2. The molecule has 2 atom stereocenters. The zero-order valence-corrected chi connectivity index (χ0v) is 9.82. The minimum absolute atomic E-state index is 0.000741. The smallest absolute Gasteiger partial charge is 0.240 e. The van der Waals surface area contributed by atoms with E-state index in [1.165, 1.54) is 0 Å². The van der Waals surface area contributed by atoms with E-state index < -0.39 is 11.9 Å². The highest BCUT2D eigenvalue weighted by molar-refractivity contribution is 5.86. The van der Waals surface area contributed by atoms with Gasteiger partial charge in [-0.05, 0) is 32.6 Å². The molecule has 16 heavy (non-hydrogen) atoms. The summed E-state index contributed by atoms with van der Waals surface area (Å²) in [5, 5.41) is 0. The van der Waals surface area contributed by atoms with Crippen molar-refractivity contribution in [3.05, 3.63) is 0 Å². The van der Waals surface area contributed by atoms with Gasteiger partial charge in [-0.3, -0.25) is 9.59 Å². The molecular weight excluding hydrogens is 206 g/mol. The number of piperidine rings is 1. The van der Waals surface area contributed by atoms with Crippen molar-refractivity contribution in [2.75, 3.05) is 6.54 Å². The van der Waals surface area contributed by atoms with Crippen LogP contribution in [0.1, 0.15) is 39.0 Å². The number of rotatable bonds is 4. The molecule has 2 unspecified atom stereocenters. The van der Waals surface area contributed by atoms with Gasteiger partial charge in [0.05, 0.1) is 0 Å². The van der Waals surface area contributed by atoms with E-state index in [4.69, 9.17) is 11.5 Å². The Hall–Kier alpha value is -1.10.